The van der Waals surface area contributed by atoms with Crippen LogP contribution in [0.1, 0.15) is 25.2 Å². The fourth-order valence-corrected chi connectivity index (χ4v) is 3.25. The average molecular weight is 310 g/mol. The predicted octanol–water partition coefficient (Wildman–Crippen LogP) is 1.44. The summed E-state index contributed by atoms with van der Waals surface area (Å²) in [4.78, 5) is 0.133. The van der Waals surface area contributed by atoms with E-state index in [9.17, 15) is 8.42 Å². The maximum Gasteiger partial charge on any atom is 0.266 e. The first-order chi connectivity index (χ1) is 9.79. The van der Waals surface area contributed by atoms with E-state index < -0.39 is 10.0 Å². The van der Waals surface area contributed by atoms with Crippen molar-refractivity contribution in [3.8, 4) is 0 Å². The largest absolute Gasteiger partial charge is 0.366 e. The highest BCUT2D eigenvalue weighted by molar-refractivity contribution is 7.92. The van der Waals surface area contributed by atoms with Crippen LogP contribution in [0.15, 0.2) is 17.0 Å². The Kier molecular flexibility index (Phi) is 4.12. The molecule has 2 rings (SSSR count). The summed E-state index contributed by atoms with van der Waals surface area (Å²) in [6, 6.07) is 3.44. The Bertz CT molecular complexity index is 701. The van der Waals surface area contributed by atoms with E-state index in [1.165, 1.54) is 0 Å². The van der Waals surface area contributed by atoms with Crippen LogP contribution >= 0.6 is 0 Å². The molecule has 9 heteroatoms. The van der Waals surface area contributed by atoms with Gasteiger partial charge in [0.05, 0.1) is 11.4 Å². The molecular formula is C12H18N6O2S. The van der Waals surface area contributed by atoms with E-state index in [0.29, 0.717) is 17.2 Å². The molecule has 0 aliphatic rings. The van der Waals surface area contributed by atoms with Crippen molar-refractivity contribution >= 4 is 21.7 Å². The lowest BCUT2D eigenvalue weighted by Gasteiger charge is -2.10. The highest BCUT2D eigenvalue weighted by atomic mass is 32.2. The number of H-pyrrole nitrogens is 1. The SMILES string of the molecule is Cc1n[nH]c(C)c1S(=O)(=O)Nc1ccc(NC(C)C)nn1. The second kappa shape index (κ2) is 5.68. The molecule has 0 saturated heterocycles. The number of aromatic amines is 1. The van der Waals surface area contributed by atoms with Crippen molar-refractivity contribution in [1.29, 1.82) is 0 Å². The molecule has 0 amide bonds. The van der Waals surface area contributed by atoms with Crippen molar-refractivity contribution in [3.05, 3.63) is 23.5 Å². The minimum absolute atomic E-state index is 0.133. The summed E-state index contributed by atoms with van der Waals surface area (Å²) in [5.41, 5.74) is 0.886. The molecule has 2 heterocycles. The third-order valence-electron chi connectivity index (χ3n) is 2.67. The standard InChI is InChI=1S/C12H18N6O2S/c1-7(2)13-10-5-6-11(17-16-10)18-21(19,20)12-8(3)14-15-9(12)4/h5-7H,1-4H3,(H,13,16)(H,14,15)(H,17,18). The zero-order valence-corrected chi connectivity index (χ0v) is 13.1. The second-order valence-corrected chi connectivity index (χ2v) is 6.59. The molecule has 0 radical (unpaired) electrons. The molecule has 0 aliphatic heterocycles. The maximum atomic E-state index is 12.3. The van der Waals surface area contributed by atoms with Crippen LogP contribution in [-0.4, -0.2) is 34.9 Å². The molecule has 2 aromatic rings. The molecule has 0 bridgehead atoms. The van der Waals surface area contributed by atoms with Gasteiger partial charge < -0.3 is 5.32 Å². The molecule has 0 fully saturated rings. The zero-order chi connectivity index (χ0) is 15.6. The van der Waals surface area contributed by atoms with Crippen LogP contribution < -0.4 is 10.0 Å². The molecule has 0 unspecified atom stereocenters. The van der Waals surface area contributed by atoms with E-state index in [0.717, 1.165) is 0 Å². The fourth-order valence-electron chi connectivity index (χ4n) is 1.88. The topological polar surface area (TPSA) is 113 Å². The van der Waals surface area contributed by atoms with Gasteiger partial charge in [0.25, 0.3) is 10.0 Å². The van der Waals surface area contributed by atoms with Crippen LogP contribution in [0.4, 0.5) is 11.6 Å². The highest BCUT2D eigenvalue weighted by Gasteiger charge is 2.22. The molecule has 3 N–H and O–H groups in total. The number of anilines is 2. The van der Waals surface area contributed by atoms with Crippen LogP contribution in [0, 0.1) is 13.8 Å². The fraction of sp³-hybridized carbons (Fsp3) is 0.417. The summed E-state index contributed by atoms with van der Waals surface area (Å²) in [5.74, 6) is 0.743. The highest BCUT2D eigenvalue weighted by Crippen LogP contribution is 2.19. The molecule has 0 atom stereocenters. The minimum atomic E-state index is -3.73. The summed E-state index contributed by atoms with van der Waals surface area (Å²) in [7, 11) is -3.73. The van der Waals surface area contributed by atoms with Crippen molar-refractivity contribution in [1.82, 2.24) is 20.4 Å². The molecule has 8 nitrogen and oxygen atoms in total. The van der Waals surface area contributed by atoms with Gasteiger partial charge in [0.1, 0.15) is 10.7 Å². The number of rotatable bonds is 5. The summed E-state index contributed by atoms with van der Waals surface area (Å²) < 4.78 is 27.0. The van der Waals surface area contributed by atoms with Gasteiger partial charge in [-0.1, -0.05) is 0 Å². The van der Waals surface area contributed by atoms with Gasteiger partial charge in [-0.2, -0.15) is 5.10 Å². The van der Waals surface area contributed by atoms with Gasteiger partial charge in [-0.05, 0) is 39.8 Å². The first-order valence-corrected chi connectivity index (χ1v) is 7.92. The van der Waals surface area contributed by atoms with Gasteiger partial charge in [0, 0.05) is 6.04 Å². The smallest absolute Gasteiger partial charge is 0.266 e. The number of hydrogen-bond donors (Lipinski definition) is 3. The number of sulfonamides is 1. The summed E-state index contributed by atoms with van der Waals surface area (Å²) >= 11 is 0. The summed E-state index contributed by atoms with van der Waals surface area (Å²) in [5, 5.41) is 17.4. The van der Waals surface area contributed by atoms with E-state index in [1.54, 1.807) is 26.0 Å². The maximum absolute atomic E-state index is 12.3. The van der Waals surface area contributed by atoms with Crippen LogP contribution in [0.25, 0.3) is 0 Å². The van der Waals surface area contributed by atoms with Crippen LogP contribution in [0.5, 0.6) is 0 Å². The molecule has 0 saturated carbocycles. The Morgan fingerprint density at radius 2 is 1.76 bits per heavy atom. The van der Waals surface area contributed by atoms with Gasteiger partial charge in [-0.15, -0.1) is 10.2 Å². The van der Waals surface area contributed by atoms with Gasteiger partial charge in [0.2, 0.25) is 0 Å². The van der Waals surface area contributed by atoms with Crippen LogP contribution in [0.2, 0.25) is 0 Å². The Morgan fingerprint density at radius 1 is 1.14 bits per heavy atom. The Hall–Kier alpha value is -2.16. The zero-order valence-electron chi connectivity index (χ0n) is 12.3. The molecule has 2 aromatic heterocycles. The van der Waals surface area contributed by atoms with Gasteiger partial charge in [0.15, 0.2) is 5.82 Å². The van der Waals surface area contributed by atoms with Crippen molar-refractivity contribution in [3.63, 3.8) is 0 Å². The quantitative estimate of drug-likeness (QED) is 0.770. The van der Waals surface area contributed by atoms with Gasteiger partial charge in [-0.3, -0.25) is 9.82 Å². The number of aromatic nitrogens is 4. The van der Waals surface area contributed by atoms with Gasteiger partial charge in [-0.25, -0.2) is 8.42 Å². The van der Waals surface area contributed by atoms with Gasteiger partial charge >= 0.3 is 0 Å². The number of hydrogen-bond acceptors (Lipinski definition) is 6. The lowest BCUT2D eigenvalue weighted by molar-refractivity contribution is 0.600. The van der Waals surface area contributed by atoms with E-state index in [2.05, 4.69) is 30.4 Å². The second-order valence-electron chi connectivity index (χ2n) is 4.97. The number of nitrogens with one attached hydrogen (secondary N) is 3. The van der Waals surface area contributed by atoms with E-state index >= 15 is 0 Å². The molecule has 0 aliphatic carbocycles. The molecule has 0 aromatic carbocycles. The average Bonchev–Trinajstić information content (AvgIpc) is 2.71. The predicted molar refractivity (Wildman–Crippen MR) is 79.7 cm³/mol. The normalized spacial score (nSPS) is 11.7. The monoisotopic (exact) mass is 310 g/mol. The first-order valence-electron chi connectivity index (χ1n) is 6.44. The number of aryl methyl sites for hydroxylation is 2. The van der Waals surface area contributed by atoms with E-state index in [4.69, 9.17) is 0 Å². The lowest BCUT2D eigenvalue weighted by atomic mass is 10.4. The molecule has 114 valence electrons. The van der Waals surface area contributed by atoms with Crippen molar-refractivity contribution in [2.75, 3.05) is 10.0 Å². The lowest BCUT2D eigenvalue weighted by Crippen LogP contribution is -2.16. The third-order valence-corrected chi connectivity index (χ3v) is 4.29. The van der Waals surface area contributed by atoms with E-state index in [-0.39, 0.29) is 16.8 Å². The number of nitrogens with zero attached hydrogens (tertiary/aromatic N) is 3. The summed E-state index contributed by atoms with van der Waals surface area (Å²) in [6.45, 7) is 7.22. The van der Waals surface area contributed by atoms with Crippen molar-refractivity contribution in [2.24, 2.45) is 0 Å². The van der Waals surface area contributed by atoms with Crippen molar-refractivity contribution in [2.45, 2.75) is 38.6 Å². The molecular weight excluding hydrogens is 292 g/mol. The Labute approximate surface area is 123 Å². The first kappa shape index (κ1) is 15.2. The molecule has 0 spiro atoms. The van der Waals surface area contributed by atoms with Crippen molar-refractivity contribution < 1.29 is 8.42 Å². The third kappa shape index (κ3) is 3.48. The molecule has 21 heavy (non-hydrogen) atoms. The van der Waals surface area contributed by atoms with Crippen LogP contribution in [0.3, 0.4) is 0 Å². The summed E-state index contributed by atoms with van der Waals surface area (Å²) in [6.07, 6.45) is 0. The Morgan fingerprint density at radius 3 is 2.24 bits per heavy atom. The van der Waals surface area contributed by atoms with E-state index in [1.807, 2.05) is 13.8 Å². The Balaban J connectivity index is 2.21. The van der Waals surface area contributed by atoms with Crippen LogP contribution in [-0.2, 0) is 10.0 Å². The minimum Gasteiger partial charge on any atom is -0.366 e.